The van der Waals surface area contributed by atoms with Gasteiger partial charge in [0.2, 0.25) is 0 Å². The van der Waals surface area contributed by atoms with Crippen molar-refractivity contribution in [2.45, 2.75) is 31.8 Å². The van der Waals surface area contributed by atoms with E-state index in [4.69, 9.17) is 9.57 Å². The van der Waals surface area contributed by atoms with E-state index in [0.717, 1.165) is 32.2 Å². The summed E-state index contributed by atoms with van der Waals surface area (Å²) in [6.07, 6.45) is 3.69. The second-order valence-corrected chi connectivity index (χ2v) is 3.48. The molecule has 2 heterocycles. The number of carbonyl (C=O) groups is 1. The lowest BCUT2D eigenvalue weighted by Crippen LogP contribution is -2.41. The SMILES string of the molecule is O=C([C@H]1CCCO1)N1CCCCO1. The predicted molar refractivity (Wildman–Crippen MR) is 45.9 cm³/mol. The number of rotatable bonds is 1. The maximum Gasteiger partial charge on any atom is 0.275 e. The number of ether oxygens (including phenoxy) is 1. The lowest BCUT2D eigenvalue weighted by atomic mass is 10.2. The molecule has 2 fully saturated rings. The molecule has 74 valence electrons. The van der Waals surface area contributed by atoms with Gasteiger partial charge < -0.3 is 4.74 Å². The summed E-state index contributed by atoms with van der Waals surface area (Å²) in [7, 11) is 0. The third kappa shape index (κ3) is 2.00. The van der Waals surface area contributed by atoms with Crippen molar-refractivity contribution >= 4 is 5.91 Å². The van der Waals surface area contributed by atoms with Crippen LogP contribution in [0.5, 0.6) is 0 Å². The van der Waals surface area contributed by atoms with E-state index in [0.29, 0.717) is 13.2 Å². The summed E-state index contributed by atoms with van der Waals surface area (Å²) >= 11 is 0. The molecule has 0 radical (unpaired) electrons. The lowest BCUT2D eigenvalue weighted by molar-refractivity contribution is -0.205. The maximum absolute atomic E-state index is 11.7. The zero-order chi connectivity index (χ0) is 9.10. The Hall–Kier alpha value is -0.610. The third-order valence-corrected chi connectivity index (χ3v) is 2.45. The van der Waals surface area contributed by atoms with Gasteiger partial charge >= 0.3 is 0 Å². The van der Waals surface area contributed by atoms with E-state index in [9.17, 15) is 4.79 Å². The van der Waals surface area contributed by atoms with Gasteiger partial charge in [-0.2, -0.15) is 0 Å². The first-order valence-electron chi connectivity index (χ1n) is 4.94. The van der Waals surface area contributed by atoms with Gasteiger partial charge in [-0.3, -0.25) is 9.63 Å². The molecule has 0 spiro atoms. The molecule has 0 N–H and O–H groups in total. The first-order chi connectivity index (χ1) is 6.38. The highest BCUT2D eigenvalue weighted by atomic mass is 16.7. The molecule has 13 heavy (non-hydrogen) atoms. The summed E-state index contributed by atoms with van der Waals surface area (Å²) in [4.78, 5) is 16.9. The Bertz CT molecular complexity index is 183. The molecular weight excluding hydrogens is 170 g/mol. The Kier molecular flexibility index (Phi) is 2.80. The molecule has 0 saturated carbocycles. The number of carbonyl (C=O) groups excluding carboxylic acids is 1. The van der Waals surface area contributed by atoms with Gasteiger partial charge in [-0.25, -0.2) is 5.06 Å². The van der Waals surface area contributed by atoms with Crippen LogP contribution in [0.15, 0.2) is 0 Å². The summed E-state index contributed by atoms with van der Waals surface area (Å²) in [5.41, 5.74) is 0. The number of hydroxylamine groups is 2. The normalized spacial score (nSPS) is 29.2. The summed E-state index contributed by atoms with van der Waals surface area (Å²) in [6.45, 7) is 2.10. The Balaban J connectivity index is 1.87. The monoisotopic (exact) mass is 185 g/mol. The fraction of sp³-hybridized carbons (Fsp3) is 0.889. The van der Waals surface area contributed by atoms with Gasteiger partial charge in [0.15, 0.2) is 0 Å². The molecule has 4 nitrogen and oxygen atoms in total. The zero-order valence-electron chi connectivity index (χ0n) is 7.70. The molecular formula is C9H15NO3. The molecule has 0 bridgehead atoms. The van der Waals surface area contributed by atoms with Crippen LogP contribution in [0.25, 0.3) is 0 Å². The molecule has 0 aromatic heterocycles. The fourth-order valence-electron chi connectivity index (χ4n) is 1.70. The Labute approximate surface area is 77.7 Å². The number of hydrogen-bond donors (Lipinski definition) is 0. The van der Waals surface area contributed by atoms with Crippen LogP contribution < -0.4 is 0 Å². The van der Waals surface area contributed by atoms with Gasteiger partial charge in [-0.1, -0.05) is 0 Å². The molecule has 0 aromatic rings. The molecule has 1 amide bonds. The Morgan fingerprint density at radius 2 is 2.15 bits per heavy atom. The Morgan fingerprint density at radius 3 is 2.77 bits per heavy atom. The van der Waals surface area contributed by atoms with Crippen LogP contribution in [-0.2, 0) is 14.4 Å². The van der Waals surface area contributed by atoms with Crippen LogP contribution in [-0.4, -0.2) is 36.8 Å². The number of nitrogens with zero attached hydrogens (tertiary/aromatic N) is 1. The van der Waals surface area contributed by atoms with Gasteiger partial charge in [0.25, 0.3) is 5.91 Å². The standard InChI is InChI=1S/C9H15NO3/c11-9(8-4-3-6-12-8)10-5-1-2-7-13-10/h8H,1-7H2/t8-/m1/s1. The van der Waals surface area contributed by atoms with E-state index in [-0.39, 0.29) is 12.0 Å². The van der Waals surface area contributed by atoms with Gasteiger partial charge in [0.1, 0.15) is 6.10 Å². The van der Waals surface area contributed by atoms with Crippen molar-refractivity contribution in [3.8, 4) is 0 Å². The highest BCUT2D eigenvalue weighted by molar-refractivity contribution is 5.80. The van der Waals surface area contributed by atoms with E-state index in [1.54, 1.807) is 0 Å². The van der Waals surface area contributed by atoms with E-state index >= 15 is 0 Å². The van der Waals surface area contributed by atoms with Crippen LogP contribution >= 0.6 is 0 Å². The molecule has 2 rings (SSSR count). The van der Waals surface area contributed by atoms with Crippen LogP contribution in [0, 0.1) is 0 Å². The molecule has 0 unspecified atom stereocenters. The minimum atomic E-state index is -0.238. The fourth-order valence-corrected chi connectivity index (χ4v) is 1.70. The quantitative estimate of drug-likeness (QED) is 0.604. The lowest BCUT2D eigenvalue weighted by Gasteiger charge is -2.27. The summed E-state index contributed by atoms with van der Waals surface area (Å²) < 4.78 is 5.30. The van der Waals surface area contributed by atoms with Crippen LogP contribution in [0.1, 0.15) is 25.7 Å². The van der Waals surface area contributed by atoms with E-state index < -0.39 is 0 Å². The van der Waals surface area contributed by atoms with Crippen molar-refractivity contribution in [2.24, 2.45) is 0 Å². The Morgan fingerprint density at radius 1 is 1.23 bits per heavy atom. The maximum atomic E-state index is 11.7. The molecule has 0 aliphatic carbocycles. The van der Waals surface area contributed by atoms with Crippen molar-refractivity contribution in [1.82, 2.24) is 5.06 Å². The second kappa shape index (κ2) is 4.07. The van der Waals surface area contributed by atoms with Gasteiger partial charge in [-0.05, 0) is 25.7 Å². The first kappa shape index (κ1) is 8.97. The molecule has 4 heteroatoms. The van der Waals surface area contributed by atoms with Crippen molar-refractivity contribution in [1.29, 1.82) is 0 Å². The van der Waals surface area contributed by atoms with E-state index in [2.05, 4.69) is 0 Å². The van der Waals surface area contributed by atoms with Crippen LogP contribution in [0.3, 0.4) is 0 Å². The minimum Gasteiger partial charge on any atom is -0.368 e. The highest BCUT2D eigenvalue weighted by Crippen LogP contribution is 2.16. The number of amides is 1. The largest absolute Gasteiger partial charge is 0.368 e. The third-order valence-electron chi connectivity index (χ3n) is 2.45. The summed E-state index contributed by atoms with van der Waals surface area (Å²) in [5, 5.41) is 1.47. The first-order valence-corrected chi connectivity index (χ1v) is 4.94. The smallest absolute Gasteiger partial charge is 0.275 e. The number of hydrogen-bond acceptors (Lipinski definition) is 3. The summed E-state index contributed by atoms with van der Waals surface area (Å²) in [6, 6.07) is 0. The predicted octanol–water partition coefficient (Wildman–Crippen LogP) is 0.719. The molecule has 1 atom stereocenters. The molecule has 2 aliphatic heterocycles. The molecule has 0 aromatic carbocycles. The average molecular weight is 185 g/mol. The van der Waals surface area contributed by atoms with Crippen molar-refractivity contribution in [2.75, 3.05) is 19.8 Å². The van der Waals surface area contributed by atoms with Gasteiger partial charge in [-0.15, -0.1) is 0 Å². The summed E-state index contributed by atoms with van der Waals surface area (Å²) in [5.74, 6) is 0.0113. The highest BCUT2D eigenvalue weighted by Gasteiger charge is 2.29. The molecule has 2 saturated heterocycles. The second-order valence-electron chi connectivity index (χ2n) is 3.48. The van der Waals surface area contributed by atoms with Crippen molar-refractivity contribution in [3.05, 3.63) is 0 Å². The van der Waals surface area contributed by atoms with Crippen molar-refractivity contribution in [3.63, 3.8) is 0 Å². The van der Waals surface area contributed by atoms with E-state index in [1.807, 2.05) is 0 Å². The van der Waals surface area contributed by atoms with Gasteiger partial charge in [0.05, 0.1) is 6.61 Å². The van der Waals surface area contributed by atoms with E-state index in [1.165, 1.54) is 5.06 Å². The minimum absolute atomic E-state index is 0.0113. The molecule has 2 aliphatic rings. The van der Waals surface area contributed by atoms with Gasteiger partial charge in [0, 0.05) is 13.2 Å². The average Bonchev–Trinajstić information content (AvgIpc) is 2.71. The van der Waals surface area contributed by atoms with Crippen molar-refractivity contribution < 1.29 is 14.4 Å². The topological polar surface area (TPSA) is 38.8 Å². The van der Waals surface area contributed by atoms with Crippen LogP contribution in [0.4, 0.5) is 0 Å². The zero-order valence-corrected chi connectivity index (χ0v) is 7.70. The van der Waals surface area contributed by atoms with Crippen LogP contribution in [0.2, 0.25) is 0 Å².